The van der Waals surface area contributed by atoms with Gasteiger partial charge in [0.05, 0.1) is 22.5 Å². The van der Waals surface area contributed by atoms with Crippen molar-refractivity contribution in [3.63, 3.8) is 0 Å². The van der Waals surface area contributed by atoms with Crippen LogP contribution in [0.3, 0.4) is 0 Å². The molecule has 4 rings (SSSR count). The van der Waals surface area contributed by atoms with Crippen molar-refractivity contribution in [2.75, 3.05) is 5.32 Å². The summed E-state index contributed by atoms with van der Waals surface area (Å²) in [7, 11) is -3.59. The van der Waals surface area contributed by atoms with E-state index in [4.69, 9.17) is 0 Å². The monoisotopic (exact) mass is 460 g/mol. The fourth-order valence-corrected chi connectivity index (χ4v) is 4.67. The lowest BCUT2D eigenvalue weighted by Gasteiger charge is -2.11. The van der Waals surface area contributed by atoms with E-state index in [-0.39, 0.29) is 16.8 Å². The summed E-state index contributed by atoms with van der Waals surface area (Å²) in [6.45, 7) is 3.51. The molecule has 0 fully saturated rings. The van der Waals surface area contributed by atoms with Crippen molar-refractivity contribution in [3.05, 3.63) is 96.7 Å². The molecule has 0 saturated carbocycles. The van der Waals surface area contributed by atoms with Gasteiger partial charge in [-0.25, -0.2) is 17.8 Å². The molecule has 0 bridgehead atoms. The summed E-state index contributed by atoms with van der Waals surface area (Å²) in [4.78, 5) is 13.0. The number of benzene rings is 3. The second kappa shape index (κ2) is 9.40. The van der Waals surface area contributed by atoms with Crippen LogP contribution in [0.5, 0.6) is 0 Å². The predicted molar refractivity (Wildman–Crippen MR) is 129 cm³/mol. The molecule has 2 N–H and O–H groups in total. The zero-order valence-corrected chi connectivity index (χ0v) is 19.1. The van der Waals surface area contributed by atoms with Crippen molar-refractivity contribution in [2.24, 2.45) is 0 Å². The van der Waals surface area contributed by atoms with Crippen LogP contribution >= 0.6 is 0 Å². The first-order valence-corrected chi connectivity index (χ1v) is 12.0. The predicted octanol–water partition coefficient (Wildman–Crippen LogP) is 4.48. The van der Waals surface area contributed by atoms with Gasteiger partial charge in [-0.3, -0.25) is 4.79 Å². The zero-order chi connectivity index (χ0) is 23.4. The minimum absolute atomic E-state index is 0.142. The average molecular weight is 461 g/mol. The minimum atomic E-state index is -3.59. The summed E-state index contributed by atoms with van der Waals surface area (Å²) < 4.78 is 28.9. The molecule has 0 spiro atoms. The largest absolute Gasteiger partial charge is 0.322 e. The van der Waals surface area contributed by atoms with E-state index in [0.717, 1.165) is 16.9 Å². The van der Waals surface area contributed by atoms with Gasteiger partial charge < -0.3 is 5.32 Å². The van der Waals surface area contributed by atoms with E-state index in [9.17, 15) is 13.2 Å². The molecule has 7 nitrogen and oxygen atoms in total. The van der Waals surface area contributed by atoms with E-state index >= 15 is 0 Å². The number of amides is 1. The number of aromatic nitrogens is 2. The molecule has 0 aliphatic rings. The van der Waals surface area contributed by atoms with Gasteiger partial charge in [0, 0.05) is 22.9 Å². The van der Waals surface area contributed by atoms with Crippen LogP contribution in [0.1, 0.15) is 24.2 Å². The molecule has 3 aromatic carbocycles. The highest BCUT2D eigenvalue weighted by molar-refractivity contribution is 7.89. The van der Waals surface area contributed by atoms with E-state index in [1.165, 1.54) is 12.1 Å². The Morgan fingerprint density at radius 1 is 0.909 bits per heavy atom. The maximum Gasteiger partial charge on any atom is 0.255 e. The van der Waals surface area contributed by atoms with Crippen molar-refractivity contribution in [1.29, 1.82) is 0 Å². The normalized spacial score (nSPS) is 11.5. The maximum absolute atomic E-state index is 12.8. The Morgan fingerprint density at radius 2 is 1.64 bits per heavy atom. The molecule has 0 atom stereocenters. The average Bonchev–Trinajstić information content (AvgIpc) is 3.29. The number of sulfonamides is 1. The number of carbonyl (C=O) groups excluding carboxylic acids is 1. The third-order valence-corrected chi connectivity index (χ3v) is 6.55. The molecule has 0 aliphatic heterocycles. The molecule has 1 heterocycles. The number of anilines is 1. The number of carbonyl (C=O) groups is 1. The fourth-order valence-electron chi connectivity index (χ4n) is 3.41. The minimum Gasteiger partial charge on any atom is -0.322 e. The molecule has 4 aromatic rings. The molecule has 8 heteroatoms. The Hall–Kier alpha value is -3.75. The van der Waals surface area contributed by atoms with Gasteiger partial charge in [0.1, 0.15) is 0 Å². The highest BCUT2D eigenvalue weighted by Crippen LogP contribution is 2.23. The number of nitrogens with one attached hydrogen (secondary N) is 2. The van der Waals surface area contributed by atoms with Gasteiger partial charge in [-0.1, -0.05) is 36.4 Å². The van der Waals surface area contributed by atoms with Gasteiger partial charge in [-0.15, -0.1) is 0 Å². The van der Waals surface area contributed by atoms with Crippen molar-refractivity contribution in [1.82, 2.24) is 14.5 Å². The first kappa shape index (κ1) is 22.4. The summed E-state index contributed by atoms with van der Waals surface area (Å²) in [6.07, 6.45) is 1.72. The fraction of sp³-hybridized carbons (Fsp3) is 0.120. The quantitative estimate of drug-likeness (QED) is 0.425. The van der Waals surface area contributed by atoms with Gasteiger partial charge in [0.2, 0.25) is 10.0 Å². The highest BCUT2D eigenvalue weighted by Gasteiger charge is 2.16. The lowest BCUT2D eigenvalue weighted by atomic mass is 10.1. The summed E-state index contributed by atoms with van der Waals surface area (Å²) in [5.41, 5.74) is 3.65. The van der Waals surface area contributed by atoms with Crippen LogP contribution in [0.25, 0.3) is 16.9 Å². The van der Waals surface area contributed by atoms with E-state index in [1.807, 2.05) is 42.5 Å². The first-order chi connectivity index (χ1) is 15.8. The molecule has 0 aliphatic carbocycles. The summed E-state index contributed by atoms with van der Waals surface area (Å²) in [6, 6.07) is 24.8. The van der Waals surface area contributed by atoms with Crippen molar-refractivity contribution >= 4 is 21.6 Å². The molecule has 0 saturated heterocycles. The summed E-state index contributed by atoms with van der Waals surface area (Å²) in [5, 5.41) is 7.24. The Balaban J connectivity index is 1.53. The topological polar surface area (TPSA) is 93.1 Å². The second-order valence-corrected chi connectivity index (χ2v) is 9.51. The van der Waals surface area contributed by atoms with Crippen molar-refractivity contribution < 1.29 is 13.2 Å². The number of hydrogen-bond donors (Lipinski definition) is 2. The van der Waals surface area contributed by atoms with Crippen molar-refractivity contribution in [2.45, 2.75) is 24.8 Å². The third kappa shape index (κ3) is 5.19. The van der Waals surface area contributed by atoms with Gasteiger partial charge in [-0.2, -0.15) is 5.10 Å². The highest BCUT2D eigenvalue weighted by atomic mass is 32.2. The van der Waals surface area contributed by atoms with Gasteiger partial charge in [0.15, 0.2) is 0 Å². The number of nitrogens with zero attached hydrogens (tertiary/aromatic N) is 2. The molecular formula is C25H24N4O3S. The Kier molecular flexibility index (Phi) is 6.39. The molecule has 0 radical (unpaired) electrons. The third-order valence-electron chi connectivity index (χ3n) is 4.88. The summed E-state index contributed by atoms with van der Waals surface area (Å²) >= 11 is 0. The standard InChI is InChI=1S/C25H24N4O3S/c1-18(2)28-33(31,32)23-13-11-21(12-14-23)27-25(30)20-9-6-10-22(17-20)29-24(15-16-26-29)19-7-4-3-5-8-19/h3-18,28H,1-2H3,(H,27,30). The van der Waals surface area contributed by atoms with E-state index in [1.54, 1.807) is 55.1 Å². The SMILES string of the molecule is CC(C)NS(=O)(=O)c1ccc(NC(=O)c2cccc(-n3nccc3-c3ccccc3)c2)cc1. The number of hydrogen-bond acceptors (Lipinski definition) is 4. The zero-order valence-electron chi connectivity index (χ0n) is 18.3. The van der Waals surface area contributed by atoms with Crippen LogP contribution in [0.15, 0.2) is 96.0 Å². The van der Waals surface area contributed by atoms with E-state index < -0.39 is 10.0 Å². The Bertz CT molecular complexity index is 1360. The van der Waals surface area contributed by atoms with Crippen LogP contribution in [-0.4, -0.2) is 30.1 Å². The van der Waals surface area contributed by atoms with Crippen LogP contribution in [0.2, 0.25) is 0 Å². The summed E-state index contributed by atoms with van der Waals surface area (Å²) in [5.74, 6) is -0.304. The van der Waals surface area contributed by atoms with E-state index in [0.29, 0.717) is 11.3 Å². The first-order valence-electron chi connectivity index (χ1n) is 10.5. The van der Waals surface area contributed by atoms with E-state index in [2.05, 4.69) is 15.1 Å². The smallest absolute Gasteiger partial charge is 0.255 e. The van der Waals surface area contributed by atoms with Gasteiger partial charge >= 0.3 is 0 Å². The Morgan fingerprint density at radius 3 is 2.33 bits per heavy atom. The molecule has 0 unspecified atom stereocenters. The van der Waals surface area contributed by atoms with Gasteiger partial charge in [0.25, 0.3) is 5.91 Å². The van der Waals surface area contributed by atoms with Crippen molar-refractivity contribution in [3.8, 4) is 16.9 Å². The maximum atomic E-state index is 12.8. The molecule has 33 heavy (non-hydrogen) atoms. The van der Waals surface area contributed by atoms with Crippen LogP contribution in [0.4, 0.5) is 5.69 Å². The lowest BCUT2D eigenvalue weighted by Crippen LogP contribution is -2.30. The molecule has 1 amide bonds. The van der Waals surface area contributed by atoms with Crippen LogP contribution in [0, 0.1) is 0 Å². The van der Waals surface area contributed by atoms with Gasteiger partial charge in [-0.05, 0) is 62.4 Å². The lowest BCUT2D eigenvalue weighted by molar-refractivity contribution is 0.102. The second-order valence-electron chi connectivity index (χ2n) is 7.80. The van der Waals surface area contributed by atoms with Crippen LogP contribution in [-0.2, 0) is 10.0 Å². The van der Waals surface area contributed by atoms with Crippen LogP contribution < -0.4 is 10.0 Å². The molecule has 1 aromatic heterocycles. The molecule has 168 valence electrons. The number of rotatable bonds is 7. The Labute approximate surface area is 193 Å². The molecular weight excluding hydrogens is 436 g/mol.